The van der Waals surface area contributed by atoms with Crippen LogP contribution in [0.4, 0.5) is 15.4 Å². The molecule has 0 saturated heterocycles. The van der Waals surface area contributed by atoms with Crippen molar-refractivity contribution in [1.29, 1.82) is 0 Å². The molecule has 4 rings (SSSR count). The Morgan fingerprint density at radius 3 is 2.11 bits per heavy atom. The summed E-state index contributed by atoms with van der Waals surface area (Å²) in [5.74, 6) is 0.221. The van der Waals surface area contributed by atoms with E-state index in [9.17, 15) is 9.59 Å². The highest BCUT2D eigenvalue weighted by Crippen LogP contribution is 2.35. The summed E-state index contributed by atoms with van der Waals surface area (Å²) in [6.45, 7) is 13.2. The summed E-state index contributed by atoms with van der Waals surface area (Å²) in [7, 11) is 0. The van der Waals surface area contributed by atoms with E-state index in [1.807, 2.05) is 36.4 Å². The molecule has 1 aromatic carbocycles. The summed E-state index contributed by atoms with van der Waals surface area (Å²) in [5, 5.41) is 4.81. The number of para-hydroxylation sites is 1. The first-order valence-corrected chi connectivity index (χ1v) is 11.8. The molecule has 0 aliphatic carbocycles. The molecule has 0 spiro atoms. The third kappa shape index (κ3) is 5.41. The van der Waals surface area contributed by atoms with Crippen LogP contribution in [0, 0.1) is 6.92 Å². The molecule has 9 nitrogen and oxygen atoms in total. The minimum absolute atomic E-state index is 0.221. The van der Waals surface area contributed by atoms with Crippen LogP contribution >= 0.6 is 0 Å². The largest absolute Gasteiger partial charge is 0.443 e. The summed E-state index contributed by atoms with van der Waals surface area (Å²) >= 11 is 0. The standard InChI is InChI=1S/C27H32N4O5/c1-17-22(21-13-18-15-34-16-19(18)14-28-21)29-31(20-11-9-8-10-12-20)23(17)30(24(32)35-26(2,3)4)25(33)36-27(5,6)7/h8-14H,15-16H2,1-7H3. The second-order valence-corrected chi connectivity index (χ2v) is 10.7. The van der Waals surface area contributed by atoms with E-state index >= 15 is 0 Å². The molecular formula is C27H32N4O5. The van der Waals surface area contributed by atoms with Crippen LogP contribution in [0.1, 0.15) is 58.2 Å². The molecule has 2 amide bonds. The van der Waals surface area contributed by atoms with Crippen molar-refractivity contribution < 1.29 is 23.8 Å². The third-order valence-corrected chi connectivity index (χ3v) is 5.30. The fourth-order valence-corrected chi connectivity index (χ4v) is 3.79. The molecule has 0 fully saturated rings. The lowest BCUT2D eigenvalue weighted by Crippen LogP contribution is -2.45. The van der Waals surface area contributed by atoms with E-state index in [-0.39, 0.29) is 5.82 Å². The lowest BCUT2D eigenvalue weighted by molar-refractivity contribution is 0.0427. The molecule has 3 aromatic rings. The van der Waals surface area contributed by atoms with Gasteiger partial charge in [0.05, 0.1) is 24.6 Å². The van der Waals surface area contributed by atoms with Gasteiger partial charge in [-0.15, -0.1) is 0 Å². The van der Waals surface area contributed by atoms with E-state index in [0.717, 1.165) is 16.0 Å². The number of pyridine rings is 1. The van der Waals surface area contributed by atoms with E-state index in [2.05, 4.69) is 4.98 Å². The van der Waals surface area contributed by atoms with Crippen molar-refractivity contribution in [2.45, 2.75) is 72.9 Å². The minimum atomic E-state index is -0.862. The summed E-state index contributed by atoms with van der Waals surface area (Å²) in [6, 6.07) is 11.2. The van der Waals surface area contributed by atoms with Gasteiger partial charge in [-0.25, -0.2) is 14.3 Å². The quantitative estimate of drug-likeness (QED) is 0.446. The van der Waals surface area contributed by atoms with E-state index in [4.69, 9.17) is 19.3 Å². The number of rotatable bonds is 3. The van der Waals surface area contributed by atoms with Crippen molar-refractivity contribution in [3.8, 4) is 17.1 Å². The van der Waals surface area contributed by atoms with Crippen LogP contribution in [-0.2, 0) is 27.4 Å². The Morgan fingerprint density at radius 1 is 0.944 bits per heavy atom. The van der Waals surface area contributed by atoms with Gasteiger partial charge < -0.3 is 14.2 Å². The molecule has 1 aliphatic heterocycles. The van der Waals surface area contributed by atoms with E-state index in [0.29, 0.717) is 35.9 Å². The summed E-state index contributed by atoms with van der Waals surface area (Å²) in [6.07, 6.45) is 0.0512. The first-order valence-electron chi connectivity index (χ1n) is 11.8. The molecule has 0 N–H and O–H groups in total. The van der Waals surface area contributed by atoms with Gasteiger partial charge in [0, 0.05) is 17.3 Å². The predicted octanol–water partition coefficient (Wildman–Crippen LogP) is 5.95. The van der Waals surface area contributed by atoms with Crippen LogP contribution in [-0.4, -0.2) is 38.2 Å². The van der Waals surface area contributed by atoms with Crippen molar-refractivity contribution >= 4 is 18.0 Å². The molecule has 3 heterocycles. The molecule has 0 atom stereocenters. The lowest BCUT2D eigenvalue weighted by Gasteiger charge is -2.29. The summed E-state index contributed by atoms with van der Waals surface area (Å²) in [5.41, 5.74) is 2.75. The van der Waals surface area contributed by atoms with Gasteiger partial charge in [0.2, 0.25) is 0 Å². The maximum absolute atomic E-state index is 13.5. The average Bonchev–Trinajstić information content (AvgIpc) is 3.36. The predicted molar refractivity (Wildman–Crippen MR) is 135 cm³/mol. The van der Waals surface area contributed by atoms with Crippen LogP contribution in [0.2, 0.25) is 0 Å². The normalized spacial score (nSPS) is 13.3. The molecule has 0 unspecified atom stereocenters. The number of nitrogens with zero attached hydrogens (tertiary/aromatic N) is 4. The number of anilines is 1. The highest BCUT2D eigenvalue weighted by molar-refractivity contribution is 6.10. The third-order valence-electron chi connectivity index (χ3n) is 5.30. The zero-order chi connectivity index (χ0) is 26.3. The monoisotopic (exact) mass is 492 g/mol. The second kappa shape index (κ2) is 9.39. The van der Waals surface area contributed by atoms with Gasteiger partial charge in [-0.05, 0) is 72.2 Å². The van der Waals surface area contributed by atoms with Gasteiger partial charge in [0.15, 0.2) is 5.82 Å². The molecular weight excluding hydrogens is 460 g/mol. The molecule has 0 bridgehead atoms. The number of hydrogen-bond donors (Lipinski definition) is 0. The van der Waals surface area contributed by atoms with Crippen molar-refractivity contribution in [1.82, 2.24) is 14.8 Å². The Balaban J connectivity index is 1.92. The summed E-state index contributed by atoms with van der Waals surface area (Å²) in [4.78, 5) is 32.4. The van der Waals surface area contributed by atoms with Gasteiger partial charge in [-0.3, -0.25) is 4.98 Å². The van der Waals surface area contributed by atoms with E-state index < -0.39 is 23.4 Å². The number of ether oxygens (including phenoxy) is 3. The Hall–Kier alpha value is -3.72. The first kappa shape index (κ1) is 25.4. The number of carbonyl (C=O) groups is 2. The zero-order valence-corrected chi connectivity index (χ0v) is 21.8. The number of imide groups is 1. The van der Waals surface area contributed by atoms with Gasteiger partial charge in [0.25, 0.3) is 0 Å². The number of carbonyl (C=O) groups excluding carboxylic acids is 2. The molecule has 36 heavy (non-hydrogen) atoms. The number of fused-ring (bicyclic) bond motifs is 1. The molecule has 0 radical (unpaired) electrons. The van der Waals surface area contributed by atoms with Gasteiger partial charge in [0.1, 0.15) is 16.9 Å². The first-order chi connectivity index (χ1) is 16.8. The van der Waals surface area contributed by atoms with Crippen LogP contribution in [0.5, 0.6) is 0 Å². The van der Waals surface area contributed by atoms with Crippen molar-refractivity contribution in [3.63, 3.8) is 0 Å². The van der Waals surface area contributed by atoms with Crippen LogP contribution in [0.3, 0.4) is 0 Å². The maximum Gasteiger partial charge on any atom is 0.425 e. The van der Waals surface area contributed by atoms with E-state index in [1.54, 1.807) is 59.3 Å². The van der Waals surface area contributed by atoms with Gasteiger partial charge >= 0.3 is 12.2 Å². The fraction of sp³-hybridized carbons (Fsp3) is 0.407. The molecule has 2 aromatic heterocycles. The van der Waals surface area contributed by atoms with Gasteiger partial charge in [-0.2, -0.15) is 10.00 Å². The van der Waals surface area contributed by atoms with Crippen molar-refractivity contribution in [2.75, 3.05) is 4.90 Å². The highest BCUT2D eigenvalue weighted by Gasteiger charge is 2.37. The Labute approximate surface area is 211 Å². The zero-order valence-electron chi connectivity index (χ0n) is 21.8. The lowest BCUT2D eigenvalue weighted by atomic mass is 10.1. The second-order valence-electron chi connectivity index (χ2n) is 10.7. The minimum Gasteiger partial charge on any atom is -0.443 e. The fourth-order valence-electron chi connectivity index (χ4n) is 3.79. The van der Waals surface area contributed by atoms with Gasteiger partial charge in [-0.1, -0.05) is 18.2 Å². The number of aromatic nitrogens is 3. The van der Waals surface area contributed by atoms with Crippen LogP contribution in [0.15, 0.2) is 42.6 Å². The molecule has 9 heteroatoms. The highest BCUT2D eigenvalue weighted by atomic mass is 16.6. The van der Waals surface area contributed by atoms with Crippen LogP contribution in [0.25, 0.3) is 17.1 Å². The van der Waals surface area contributed by atoms with Crippen molar-refractivity contribution in [3.05, 3.63) is 59.3 Å². The molecule has 190 valence electrons. The maximum atomic E-state index is 13.5. The Bertz CT molecular complexity index is 1260. The molecule has 1 aliphatic rings. The Kier molecular flexibility index (Phi) is 6.62. The Morgan fingerprint density at radius 2 is 1.53 bits per heavy atom. The number of hydrogen-bond acceptors (Lipinski definition) is 7. The SMILES string of the molecule is Cc1c(-c2cc3c(cn2)COC3)nn(-c2ccccc2)c1N(C(=O)OC(C)(C)C)C(=O)OC(C)(C)C. The topological polar surface area (TPSA) is 95.8 Å². The average molecular weight is 493 g/mol. The number of benzene rings is 1. The summed E-state index contributed by atoms with van der Waals surface area (Å²) < 4.78 is 18.3. The van der Waals surface area contributed by atoms with Crippen LogP contribution < -0.4 is 4.90 Å². The van der Waals surface area contributed by atoms with Crippen molar-refractivity contribution in [2.24, 2.45) is 0 Å². The van der Waals surface area contributed by atoms with E-state index in [1.165, 1.54) is 0 Å². The molecule has 0 saturated carbocycles. The number of amides is 2. The smallest absolute Gasteiger partial charge is 0.425 e.